The van der Waals surface area contributed by atoms with Crippen molar-refractivity contribution in [1.82, 2.24) is 9.97 Å². The third-order valence-electron chi connectivity index (χ3n) is 1.42. The van der Waals surface area contributed by atoms with Crippen LogP contribution in [0.15, 0.2) is 29.8 Å². The van der Waals surface area contributed by atoms with Crippen molar-refractivity contribution in [2.45, 2.75) is 0 Å². The number of nitrogen functional groups attached to an aromatic ring is 1. The summed E-state index contributed by atoms with van der Waals surface area (Å²) in [6.07, 6.45) is 1.75. The summed E-state index contributed by atoms with van der Waals surface area (Å²) in [5, 5.41) is 2.82. The largest absolute Gasteiger partial charge is 0.384 e. The molecule has 0 radical (unpaired) electrons. The standard InChI is InChI=1S/C8H7N3S/c9-7-3-1-2-6(11-7)8-10-4-5-12-8/h1-5H,(H2,9,11). The zero-order valence-corrected chi connectivity index (χ0v) is 7.08. The molecule has 0 aromatic carbocycles. The molecule has 4 heteroatoms. The summed E-state index contributed by atoms with van der Waals surface area (Å²) in [5.74, 6) is 0.530. The van der Waals surface area contributed by atoms with Crippen LogP contribution in [0.25, 0.3) is 10.7 Å². The van der Waals surface area contributed by atoms with Gasteiger partial charge in [0.15, 0.2) is 0 Å². The predicted molar refractivity (Wildman–Crippen MR) is 49.8 cm³/mol. The van der Waals surface area contributed by atoms with Crippen molar-refractivity contribution in [1.29, 1.82) is 0 Å². The molecule has 60 valence electrons. The topological polar surface area (TPSA) is 51.8 Å². The minimum absolute atomic E-state index is 0.530. The Bertz CT molecular complexity index is 370. The van der Waals surface area contributed by atoms with Gasteiger partial charge >= 0.3 is 0 Å². The second kappa shape index (κ2) is 2.91. The first-order chi connectivity index (χ1) is 5.86. The lowest BCUT2D eigenvalue weighted by Crippen LogP contribution is -1.90. The second-order valence-corrected chi connectivity index (χ2v) is 3.18. The van der Waals surface area contributed by atoms with E-state index in [0.29, 0.717) is 5.82 Å². The molecule has 0 spiro atoms. The molecule has 0 fully saturated rings. The zero-order valence-electron chi connectivity index (χ0n) is 6.27. The number of aromatic nitrogens is 2. The van der Waals surface area contributed by atoms with E-state index in [1.807, 2.05) is 17.5 Å². The Morgan fingerprint density at radius 1 is 1.33 bits per heavy atom. The van der Waals surface area contributed by atoms with E-state index in [9.17, 15) is 0 Å². The number of nitrogens with two attached hydrogens (primary N) is 1. The fourth-order valence-electron chi connectivity index (χ4n) is 0.921. The van der Waals surface area contributed by atoms with Crippen LogP contribution in [0.2, 0.25) is 0 Å². The van der Waals surface area contributed by atoms with Gasteiger partial charge in [0.25, 0.3) is 0 Å². The van der Waals surface area contributed by atoms with Gasteiger partial charge in [0, 0.05) is 11.6 Å². The number of rotatable bonds is 1. The highest BCUT2D eigenvalue weighted by atomic mass is 32.1. The van der Waals surface area contributed by atoms with E-state index in [4.69, 9.17) is 5.73 Å². The first-order valence-electron chi connectivity index (χ1n) is 3.48. The summed E-state index contributed by atoms with van der Waals surface area (Å²) >= 11 is 1.56. The molecule has 0 atom stereocenters. The number of hydrogen-bond acceptors (Lipinski definition) is 4. The summed E-state index contributed by atoms with van der Waals surface area (Å²) in [5.41, 5.74) is 6.37. The molecule has 0 aliphatic heterocycles. The molecule has 0 bridgehead atoms. The van der Waals surface area contributed by atoms with E-state index < -0.39 is 0 Å². The van der Waals surface area contributed by atoms with Crippen LogP contribution in [0.3, 0.4) is 0 Å². The Balaban J connectivity index is 2.48. The van der Waals surface area contributed by atoms with Gasteiger partial charge in [-0.25, -0.2) is 9.97 Å². The Morgan fingerprint density at radius 2 is 2.25 bits per heavy atom. The highest BCUT2D eigenvalue weighted by molar-refractivity contribution is 7.13. The summed E-state index contributed by atoms with van der Waals surface area (Å²) in [6.45, 7) is 0. The lowest BCUT2D eigenvalue weighted by molar-refractivity contribution is 1.30. The van der Waals surface area contributed by atoms with E-state index >= 15 is 0 Å². The summed E-state index contributed by atoms with van der Waals surface area (Å²) < 4.78 is 0. The molecule has 12 heavy (non-hydrogen) atoms. The molecule has 0 saturated heterocycles. The number of anilines is 1. The second-order valence-electron chi connectivity index (χ2n) is 2.28. The van der Waals surface area contributed by atoms with Crippen LogP contribution < -0.4 is 5.73 Å². The SMILES string of the molecule is Nc1cccc(-c2nccs2)n1. The van der Waals surface area contributed by atoms with Gasteiger partial charge in [0.05, 0.1) is 0 Å². The fraction of sp³-hybridized carbons (Fsp3) is 0. The molecule has 0 aliphatic rings. The van der Waals surface area contributed by atoms with Crippen LogP contribution in [-0.4, -0.2) is 9.97 Å². The maximum absolute atomic E-state index is 5.53. The lowest BCUT2D eigenvalue weighted by atomic mass is 10.3. The molecule has 2 N–H and O–H groups in total. The van der Waals surface area contributed by atoms with Crippen LogP contribution in [-0.2, 0) is 0 Å². The minimum Gasteiger partial charge on any atom is -0.384 e. The Kier molecular flexibility index (Phi) is 1.75. The highest BCUT2D eigenvalue weighted by Crippen LogP contribution is 2.19. The highest BCUT2D eigenvalue weighted by Gasteiger charge is 2.00. The van der Waals surface area contributed by atoms with Gasteiger partial charge in [0.2, 0.25) is 0 Å². The van der Waals surface area contributed by atoms with E-state index in [2.05, 4.69) is 9.97 Å². The molecule has 2 aromatic heterocycles. The molecule has 0 unspecified atom stereocenters. The van der Waals surface area contributed by atoms with Crippen molar-refractivity contribution in [3.05, 3.63) is 29.8 Å². The van der Waals surface area contributed by atoms with Crippen LogP contribution in [0.5, 0.6) is 0 Å². The molecule has 2 aromatic rings. The molecule has 2 heterocycles. The van der Waals surface area contributed by atoms with Gasteiger partial charge in [-0.05, 0) is 12.1 Å². The van der Waals surface area contributed by atoms with Gasteiger partial charge in [-0.1, -0.05) is 6.07 Å². The minimum atomic E-state index is 0.530. The van der Waals surface area contributed by atoms with Crippen molar-refractivity contribution in [2.24, 2.45) is 0 Å². The zero-order chi connectivity index (χ0) is 8.39. The Morgan fingerprint density at radius 3 is 2.92 bits per heavy atom. The summed E-state index contributed by atoms with van der Waals surface area (Å²) in [6, 6.07) is 5.53. The first kappa shape index (κ1) is 7.24. The van der Waals surface area contributed by atoms with Gasteiger partial charge in [0.1, 0.15) is 16.5 Å². The number of nitrogens with zero attached hydrogens (tertiary/aromatic N) is 2. The van der Waals surface area contributed by atoms with E-state index in [0.717, 1.165) is 10.7 Å². The predicted octanol–water partition coefficient (Wildman–Crippen LogP) is 1.79. The maximum atomic E-state index is 5.53. The normalized spacial score (nSPS) is 10.0. The van der Waals surface area contributed by atoms with Gasteiger partial charge in [-0.2, -0.15) is 0 Å². The van der Waals surface area contributed by atoms with Crippen LogP contribution in [0.4, 0.5) is 5.82 Å². The smallest absolute Gasteiger partial charge is 0.141 e. The molecule has 2 rings (SSSR count). The van der Waals surface area contributed by atoms with Gasteiger partial charge in [-0.3, -0.25) is 0 Å². The fourth-order valence-corrected chi connectivity index (χ4v) is 1.53. The summed E-state index contributed by atoms with van der Waals surface area (Å²) in [7, 11) is 0. The van der Waals surface area contributed by atoms with Crippen molar-refractivity contribution in [3.63, 3.8) is 0 Å². The van der Waals surface area contributed by atoms with E-state index in [1.54, 1.807) is 23.6 Å². The molecule has 0 amide bonds. The quantitative estimate of drug-likeness (QED) is 0.722. The number of pyridine rings is 1. The third-order valence-corrected chi connectivity index (χ3v) is 2.22. The monoisotopic (exact) mass is 177 g/mol. The van der Waals surface area contributed by atoms with Crippen LogP contribution in [0.1, 0.15) is 0 Å². The number of thiazole rings is 1. The van der Waals surface area contributed by atoms with Crippen molar-refractivity contribution in [3.8, 4) is 10.7 Å². The molecule has 3 nitrogen and oxygen atoms in total. The van der Waals surface area contributed by atoms with E-state index in [-0.39, 0.29) is 0 Å². The Labute approximate surface area is 73.9 Å². The lowest BCUT2D eigenvalue weighted by Gasteiger charge is -1.95. The van der Waals surface area contributed by atoms with E-state index in [1.165, 1.54) is 0 Å². The van der Waals surface area contributed by atoms with Crippen molar-refractivity contribution in [2.75, 3.05) is 5.73 Å². The first-order valence-corrected chi connectivity index (χ1v) is 4.36. The maximum Gasteiger partial charge on any atom is 0.141 e. The average Bonchev–Trinajstić information content (AvgIpc) is 2.56. The molecular formula is C8H7N3S. The summed E-state index contributed by atoms with van der Waals surface area (Å²) in [4.78, 5) is 8.27. The third kappa shape index (κ3) is 1.29. The van der Waals surface area contributed by atoms with Gasteiger partial charge < -0.3 is 5.73 Å². The van der Waals surface area contributed by atoms with Gasteiger partial charge in [-0.15, -0.1) is 11.3 Å². The molecule has 0 saturated carbocycles. The Hall–Kier alpha value is -1.42. The van der Waals surface area contributed by atoms with Crippen LogP contribution in [0, 0.1) is 0 Å². The van der Waals surface area contributed by atoms with Crippen molar-refractivity contribution < 1.29 is 0 Å². The molecular weight excluding hydrogens is 170 g/mol. The number of hydrogen-bond donors (Lipinski definition) is 1. The molecule has 0 aliphatic carbocycles. The average molecular weight is 177 g/mol. The van der Waals surface area contributed by atoms with Crippen LogP contribution >= 0.6 is 11.3 Å². The van der Waals surface area contributed by atoms with Crippen molar-refractivity contribution >= 4 is 17.2 Å².